The molecule has 0 aliphatic carbocycles. The molecule has 0 radical (unpaired) electrons. The summed E-state index contributed by atoms with van der Waals surface area (Å²) in [4.78, 5) is 35.0. The molecule has 2 aliphatic rings. The standard InChI is InChI=1S/C27H34N6O5/c1-18-12-32(24(34)14-31-7-9-36-10-8-31)13-22(18)25-29-27(38-16-21-5-3-20(11-28)4-6-21)33(30-25)26(35)23-17-37-15-19(23)2/h3-6,15,17-18,22H,7-14,16,28H2,1-2H3. The topological polar surface area (TPSA) is 129 Å². The Morgan fingerprint density at radius 3 is 2.53 bits per heavy atom. The van der Waals surface area contributed by atoms with E-state index >= 15 is 0 Å². The first-order valence-corrected chi connectivity index (χ1v) is 13.0. The minimum Gasteiger partial charge on any atom is -0.471 e. The molecule has 202 valence electrons. The minimum absolute atomic E-state index is 0.0863. The first kappa shape index (κ1) is 26.1. The van der Waals surface area contributed by atoms with E-state index in [1.165, 1.54) is 17.2 Å². The molecule has 2 atom stereocenters. The highest BCUT2D eigenvalue weighted by Gasteiger charge is 2.37. The van der Waals surface area contributed by atoms with E-state index in [9.17, 15) is 9.59 Å². The van der Waals surface area contributed by atoms with Gasteiger partial charge in [0.2, 0.25) is 5.91 Å². The SMILES string of the molecule is Cc1cocc1C(=O)n1nc(C2CN(C(=O)CN3CCOCC3)CC2C)nc1OCc1ccc(CN)cc1. The second kappa shape index (κ2) is 11.5. The van der Waals surface area contributed by atoms with Gasteiger partial charge in [-0.25, -0.2) is 0 Å². The number of nitrogens with zero attached hydrogens (tertiary/aromatic N) is 5. The van der Waals surface area contributed by atoms with Gasteiger partial charge in [-0.05, 0) is 24.0 Å². The highest BCUT2D eigenvalue weighted by Crippen LogP contribution is 2.32. The molecule has 2 N–H and O–H groups in total. The van der Waals surface area contributed by atoms with Gasteiger partial charge in [0, 0.05) is 44.2 Å². The molecule has 5 rings (SSSR count). The average molecular weight is 523 g/mol. The number of likely N-dealkylation sites (tertiary alicyclic amines) is 1. The number of hydrogen-bond donors (Lipinski definition) is 1. The number of morpholine rings is 1. The lowest BCUT2D eigenvalue weighted by molar-refractivity contribution is -0.132. The number of aromatic nitrogens is 3. The van der Waals surface area contributed by atoms with Crippen molar-refractivity contribution in [2.75, 3.05) is 45.9 Å². The summed E-state index contributed by atoms with van der Waals surface area (Å²) in [5.74, 6) is 0.205. The monoisotopic (exact) mass is 522 g/mol. The van der Waals surface area contributed by atoms with Crippen LogP contribution in [0.2, 0.25) is 0 Å². The van der Waals surface area contributed by atoms with E-state index in [-0.39, 0.29) is 36.3 Å². The van der Waals surface area contributed by atoms with Crippen LogP contribution in [0.5, 0.6) is 6.01 Å². The molecular formula is C27H34N6O5. The van der Waals surface area contributed by atoms with Crippen molar-refractivity contribution in [1.82, 2.24) is 24.6 Å². The second-order valence-corrected chi connectivity index (χ2v) is 10.0. The van der Waals surface area contributed by atoms with Gasteiger partial charge in [-0.3, -0.25) is 14.5 Å². The first-order valence-electron chi connectivity index (χ1n) is 13.0. The number of aryl methyl sites for hydroxylation is 1. The van der Waals surface area contributed by atoms with Gasteiger partial charge in [-0.2, -0.15) is 4.98 Å². The van der Waals surface area contributed by atoms with Crippen molar-refractivity contribution in [1.29, 1.82) is 0 Å². The van der Waals surface area contributed by atoms with Gasteiger partial charge in [0.1, 0.15) is 12.9 Å². The third-order valence-electron chi connectivity index (χ3n) is 7.26. The maximum atomic E-state index is 13.4. The Morgan fingerprint density at radius 2 is 1.84 bits per heavy atom. The Morgan fingerprint density at radius 1 is 1.11 bits per heavy atom. The summed E-state index contributed by atoms with van der Waals surface area (Å²) >= 11 is 0. The minimum atomic E-state index is -0.380. The summed E-state index contributed by atoms with van der Waals surface area (Å²) in [5, 5.41) is 4.60. The van der Waals surface area contributed by atoms with E-state index in [0.717, 1.165) is 24.2 Å². The van der Waals surface area contributed by atoms with Crippen LogP contribution in [0, 0.1) is 12.8 Å². The van der Waals surface area contributed by atoms with Crippen molar-refractivity contribution in [2.24, 2.45) is 11.7 Å². The Balaban J connectivity index is 1.35. The largest absolute Gasteiger partial charge is 0.471 e. The van der Waals surface area contributed by atoms with Crippen LogP contribution in [0.25, 0.3) is 0 Å². The number of furan rings is 1. The van der Waals surface area contributed by atoms with Crippen molar-refractivity contribution in [3.8, 4) is 6.01 Å². The molecule has 0 spiro atoms. The summed E-state index contributed by atoms with van der Waals surface area (Å²) < 4.78 is 17.8. The lowest BCUT2D eigenvalue weighted by Crippen LogP contribution is -2.44. The quantitative estimate of drug-likeness (QED) is 0.471. The van der Waals surface area contributed by atoms with Crippen molar-refractivity contribution in [2.45, 2.75) is 32.9 Å². The average Bonchev–Trinajstić information content (AvgIpc) is 3.66. The van der Waals surface area contributed by atoms with Crippen molar-refractivity contribution < 1.29 is 23.5 Å². The van der Waals surface area contributed by atoms with Gasteiger partial charge in [0.15, 0.2) is 5.82 Å². The Labute approximate surface area is 221 Å². The summed E-state index contributed by atoms with van der Waals surface area (Å²) in [6, 6.07) is 7.86. The third kappa shape index (κ3) is 5.64. The Hall–Kier alpha value is -3.54. The van der Waals surface area contributed by atoms with E-state index in [1.807, 2.05) is 29.2 Å². The third-order valence-corrected chi connectivity index (χ3v) is 7.26. The fraction of sp³-hybridized carbons (Fsp3) is 0.481. The molecule has 2 saturated heterocycles. The molecule has 1 amide bonds. The number of amides is 1. The lowest BCUT2D eigenvalue weighted by Gasteiger charge is -2.28. The normalized spacial score (nSPS) is 20.1. The lowest BCUT2D eigenvalue weighted by atomic mass is 9.98. The van der Waals surface area contributed by atoms with Crippen LogP contribution in [0.4, 0.5) is 0 Å². The van der Waals surface area contributed by atoms with Crippen LogP contribution in [0.15, 0.2) is 41.2 Å². The summed E-state index contributed by atoms with van der Waals surface area (Å²) in [6.45, 7) is 8.85. The molecule has 2 aliphatic heterocycles. The fourth-order valence-electron chi connectivity index (χ4n) is 4.87. The number of nitrogens with two attached hydrogens (primary N) is 1. The molecule has 11 nitrogen and oxygen atoms in total. The van der Waals surface area contributed by atoms with Crippen molar-refractivity contribution in [3.63, 3.8) is 0 Å². The summed E-state index contributed by atoms with van der Waals surface area (Å²) in [5.41, 5.74) is 8.72. The number of ether oxygens (including phenoxy) is 2. The Bertz CT molecular complexity index is 1260. The molecule has 4 heterocycles. The van der Waals surface area contributed by atoms with E-state index < -0.39 is 0 Å². The molecule has 0 bridgehead atoms. The fourth-order valence-corrected chi connectivity index (χ4v) is 4.87. The predicted molar refractivity (Wildman–Crippen MR) is 138 cm³/mol. The number of rotatable bonds is 8. The van der Waals surface area contributed by atoms with E-state index in [2.05, 4.69) is 21.9 Å². The van der Waals surface area contributed by atoms with Gasteiger partial charge < -0.3 is 24.5 Å². The molecule has 1 aromatic carbocycles. The van der Waals surface area contributed by atoms with Crippen LogP contribution >= 0.6 is 0 Å². The van der Waals surface area contributed by atoms with Gasteiger partial charge >= 0.3 is 6.01 Å². The number of hydrogen-bond acceptors (Lipinski definition) is 9. The van der Waals surface area contributed by atoms with Crippen LogP contribution in [0.1, 0.15) is 45.7 Å². The molecule has 0 saturated carbocycles. The van der Waals surface area contributed by atoms with Gasteiger partial charge in [0.25, 0.3) is 5.91 Å². The Kier molecular flexibility index (Phi) is 7.87. The van der Waals surface area contributed by atoms with Gasteiger partial charge in [-0.15, -0.1) is 9.78 Å². The van der Waals surface area contributed by atoms with Crippen LogP contribution in [-0.4, -0.2) is 82.3 Å². The first-order chi connectivity index (χ1) is 18.4. The predicted octanol–water partition coefficient (Wildman–Crippen LogP) is 1.80. The zero-order valence-corrected chi connectivity index (χ0v) is 21.8. The zero-order valence-electron chi connectivity index (χ0n) is 21.8. The van der Waals surface area contributed by atoms with Crippen LogP contribution in [0.3, 0.4) is 0 Å². The summed E-state index contributed by atoms with van der Waals surface area (Å²) in [7, 11) is 0. The van der Waals surface area contributed by atoms with Gasteiger partial charge in [-0.1, -0.05) is 31.2 Å². The van der Waals surface area contributed by atoms with Crippen LogP contribution < -0.4 is 10.5 Å². The molecule has 2 unspecified atom stereocenters. The molecular weight excluding hydrogens is 488 g/mol. The molecule has 38 heavy (non-hydrogen) atoms. The smallest absolute Gasteiger partial charge is 0.323 e. The maximum absolute atomic E-state index is 13.4. The maximum Gasteiger partial charge on any atom is 0.323 e. The van der Waals surface area contributed by atoms with E-state index in [4.69, 9.17) is 19.6 Å². The van der Waals surface area contributed by atoms with E-state index in [1.54, 1.807) is 6.92 Å². The summed E-state index contributed by atoms with van der Waals surface area (Å²) in [6.07, 6.45) is 2.92. The zero-order chi connectivity index (χ0) is 26.6. The van der Waals surface area contributed by atoms with Gasteiger partial charge in [0.05, 0.1) is 31.6 Å². The molecule has 3 aromatic rings. The number of carbonyl (C=O) groups excluding carboxylic acids is 2. The molecule has 2 fully saturated rings. The molecule has 11 heteroatoms. The molecule has 2 aromatic heterocycles. The highest BCUT2D eigenvalue weighted by molar-refractivity contribution is 5.97. The highest BCUT2D eigenvalue weighted by atomic mass is 16.5. The second-order valence-electron chi connectivity index (χ2n) is 10.0. The van der Waals surface area contributed by atoms with E-state index in [0.29, 0.717) is 56.3 Å². The number of carbonyl (C=O) groups is 2. The van der Waals surface area contributed by atoms with Crippen molar-refractivity contribution >= 4 is 11.8 Å². The van der Waals surface area contributed by atoms with Crippen molar-refractivity contribution in [3.05, 3.63) is 64.9 Å². The van der Waals surface area contributed by atoms with Crippen LogP contribution in [-0.2, 0) is 22.7 Å². The number of benzene rings is 1.